The summed E-state index contributed by atoms with van der Waals surface area (Å²) in [6.07, 6.45) is 2.84. The molecule has 3 nitrogen and oxygen atoms in total. The predicted octanol–water partition coefficient (Wildman–Crippen LogP) is 3.92. The molecule has 3 aromatic rings. The summed E-state index contributed by atoms with van der Waals surface area (Å²) in [5.41, 5.74) is 0.966. The number of hydrogen-bond donors (Lipinski definition) is 1. The third-order valence-electron chi connectivity index (χ3n) is 3.19. The van der Waals surface area contributed by atoms with Gasteiger partial charge in [0.05, 0.1) is 5.02 Å². The molecule has 106 valence electrons. The van der Waals surface area contributed by atoms with Crippen molar-refractivity contribution in [1.82, 2.24) is 9.97 Å². The molecule has 0 bridgehead atoms. The van der Waals surface area contributed by atoms with Gasteiger partial charge in [0.25, 0.3) is 0 Å². The van der Waals surface area contributed by atoms with Gasteiger partial charge in [0.15, 0.2) is 5.78 Å². The Morgan fingerprint density at radius 1 is 1.29 bits per heavy atom. The fourth-order valence-electron chi connectivity index (χ4n) is 2.17. The first-order chi connectivity index (χ1) is 10.1. The first kappa shape index (κ1) is 13.7. The molecule has 0 atom stereocenters. The number of aromatic nitrogens is 2. The molecular weight excluding hydrogens is 298 g/mol. The lowest BCUT2D eigenvalue weighted by molar-refractivity contribution is 0.0993. The molecule has 0 fully saturated rings. The van der Waals surface area contributed by atoms with E-state index in [0.29, 0.717) is 21.6 Å². The fraction of sp³-hybridized carbons (Fsp3) is 0.0667. The van der Waals surface area contributed by atoms with Crippen molar-refractivity contribution in [3.05, 3.63) is 64.4 Å². The van der Waals surface area contributed by atoms with E-state index >= 15 is 0 Å². The van der Waals surface area contributed by atoms with Gasteiger partial charge in [0.2, 0.25) is 0 Å². The number of rotatable bonds is 3. The normalized spacial score (nSPS) is 11.0. The number of H-pyrrole nitrogens is 1. The number of nitrogens with one attached hydrogen (secondary N) is 1. The molecule has 0 spiro atoms. The Bertz CT molecular complexity index is 845. The number of Topliss-reactive ketones (excluding diaryl/α,β-unsaturated/α-hetero) is 1. The van der Waals surface area contributed by atoms with Gasteiger partial charge >= 0.3 is 0 Å². The minimum atomic E-state index is -0.743. The van der Waals surface area contributed by atoms with Crippen LogP contribution in [0.25, 0.3) is 11.0 Å². The van der Waals surface area contributed by atoms with Crippen LogP contribution >= 0.6 is 11.6 Å². The summed E-state index contributed by atoms with van der Waals surface area (Å²) in [6.45, 7) is 0. The van der Waals surface area contributed by atoms with Crippen LogP contribution in [-0.4, -0.2) is 15.8 Å². The van der Waals surface area contributed by atoms with E-state index in [9.17, 15) is 13.6 Å². The summed E-state index contributed by atoms with van der Waals surface area (Å²) in [4.78, 5) is 19.2. The van der Waals surface area contributed by atoms with Crippen LogP contribution in [-0.2, 0) is 6.42 Å². The van der Waals surface area contributed by atoms with Crippen molar-refractivity contribution >= 4 is 28.4 Å². The second kappa shape index (κ2) is 5.26. The van der Waals surface area contributed by atoms with E-state index in [0.717, 1.165) is 12.1 Å². The Balaban J connectivity index is 1.98. The molecule has 6 heteroatoms. The summed E-state index contributed by atoms with van der Waals surface area (Å²) < 4.78 is 26.5. The Morgan fingerprint density at radius 3 is 2.86 bits per heavy atom. The van der Waals surface area contributed by atoms with Gasteiger partial charge in [-0.15, -0.1) is 0 Å². The van der Waals surface area contributed by atoms with Crippen LogP contribution in [0, 0.1) is 11.6 Å². The van der Waals surface area contributed by atoms with E-state index < -0.39 is 11.6 Å². The average molecular weight is 307 g/mol. The SMILES string of the molecule is O=C(Cc1ccc(F)cc1F)c1c[nH]c2nccc(Cl)c12. The first-order valence-electron chi connectivity index (χ1n) is 6.15. The molecule has 0 unspecified atom stereocenters. The molecule has 0 aliphatic heterocycles. The molecule has 0 aliphatic carbocycles. The third-order valence-corrected chi connectivity index (χ3v) is 3.50. The van der Waals surface area contributed by atoms with Crippen LogP contribution < -0.4 is 0 Å². The zero-order chi connectivity index (χ0) is 15.0. The van der Waals surface area contributed by atoms with Crippen LogP contribution in [0.4, 0.5) is 8.78 Å². The number of pyridine rings is 1. The van der Waals surface area contributed by atoms with Crippen molar-refractivity contribution in [2.45, 2.75) is 6.42 Å². The quantitative estimate of drug-likeness (QED) is 0.745. The Kier molecular flexibility index (Phi) is 3.43. The summed E-state index contributed by atoms with van der Waals surface area (Å²) in [5.74, 6) is -1.74. The molecule has 2 heterocycles. The zero-order valence-corrected chi connectivity index (χ0v) is 11.4. The van der Waals surface area contributed by atoms with Gasteiger partial charge in [0, 0.05) is 35.8 Å². The molecule has 0 saturated heterocycles. The van der Waals surface area contributed by atoms with Gasteiger partial charge in [-0.3, -0.25) is 4.79 Å². The second-order valence-corrected chi connectivity index (χ2v) is 4.96. The van der Waals surface area contributed by atoms with Crippen molar-refractivity contribution in [2.24, 2.45) is 0 Å². The van der Waals surface area contributed by atoms with Gasteiger partial charge in [-0.05, 0) is 17.7 Å². The number of carbonyl (C=O) groups excluding carboxylic acids is 1. The monoisotopic (exact) mass is 306 g/mol. The lowest BCUT2D eigenvalue weighted by Gasteiger charge is -2.03. The molecule has 0 saturated carbocycles. The Morgan fingerprint density at radius 2 is 2.10 bits per heavy atom. The van der Waals surface area contributed by atoms with Crippen LogP contribution in [0.15, 0.2) is 36.7 Å². The number of benzene rings is 1. The summed E-state index contributed by atoms with van der Waals surface area (Å²) in [7, 11) is 0. The summed E-state index contributed by atoms with van der Waals surface area (Å²) in [6, 6.07) is 4.71. The van der Waals surface area contributed by atoms with Crippen molar-refractivity contribution < 1.29 is 13.6 Å². The van der Waals surface area contributed by atoms with E-state index in [-0.39, 0.29) is 17.8 Å². The molecule has 0 aliphatic rings. The number of ketones is 1. The molecule has 0 radical (unpaired) electrons. The maximum atomic E-state index is 13.6. The lowest BCUT2D eigenvalue weighted by atomic mass is 10.0. The smallest absolute Gasteiger partial charge is 0.169 e. The number of hydrogen-bond acceptors (Lipinski definition) is 2. The maximum absolute atomic E-state index is 13.6. The highest BCUT2D eigenvalue weighted by molar-refractivity contribution is 6.36. The molecular formula is C15H9ClF2N2O. The van der Waals surface area contributed by atoms with Gasteiger partial charge in [-0.1, -0.05) is 17.7 Å². The van der Waals surface area contributed by atoms with Crippen LogP contribution in [0.2, 0.25) is 5.02 Å². The van der Waals surface area contributed by atoms with Crippen molar-refractivity contribution in [3.8, 4) is 0 Å². The fourth-order valence-corrected chi connectivity index (χ4v) is 2.42. The lowest BCUT2D eigenvalue weighted by Crippen LogP contribution is -2.05. The molecule has 2 aromatic heterocycles. The highest BCUT2D eigenvalue weighted by Gasteiger charge is 2.17. The van der Waals surface area contributed by atoms with Crippen LogP contribution in [0.1, 0.15) is 15.9 Å². The highest BCUT2D eigenvalue weighted by Crippen LogP contribution is 2.26. The van der Waals surface area contributed by atoms with Gasteiger partial charge in [-0.25, -0.2) is 13.8 Å². The van der Waals surface area contributed by atoms with Crippen molar-refractivity contribution in [3.63, 3.8) is 0 Å². The zero-order valence-electron chi connectivity index (χ0n) is 10.7. The van der Waals surface area contributed by atoms with E-state index in [1.54, 1.807) is 6.07 Å². The molecule has 21 heavy (non-hydrogen) atoms. The predicted molar refractivity (Wildman–Crippen MR) is 75.5 cm³/mol. The van der Waals surface area contributed by atoms with E-state index in [2.05, 4.69) is 9.97 Å². The number of nitrogens with zero attached hydrogens (tertiary/aromatic N) is 1. The summed E-state index contributed by atoms with van der Waals surface area (Å²) in [5, 5.41) is 0.899. The number of halogens is 3. The standard InChI is InChI=1S/C15H9ClF2N2O/c16-11-3-4-19-15-14(11)10(7-20-15)13(21)5-8-1-2-9(17)6-12(8)18/h1-4,6-7H,5H2,(H,19,20). The second-order valence-electron chi connectivity index (χ2n) is 4.55. The molecule has 1 aromatic carbocycles. The first-order valence-corrected chi connectivity index (χ1v) is 6.53. The highest BCUT2D eigenvalue weighted by atomic mass is 35.5. The topological polar surface area (TPSA) is 45.8 Å². The Labute approximate surface area is 123 Å². The van der Waals surface area contributed by atoms with E-state index in [4.69, 9.17) is 11.6 Å². The number of fused-ring (bicyclic) bond motifs is 1. The molecule has 0 amide bonds. The number of carbonyl (C=O) groups is 1. The van der Waals surface area contributed by atoms with Gasteiger partial charge in [0.1, 0.15) is 17.3 Å². The number of aromatic amines is 1. The van der Waals surface area contributed by atoms with Gasteiger partial charge < -0.3 is 4.98 Å². The van der Waals surface area contributed by atoms with Crippen LogP contribution in [0.3, 0.4) is 0 Å². The minimum Gasteiger partial charge on any atom is -0.345 e. The van der Waals surface area contributed by atoms with Crippen molar-refractivity contribution in [2.75, 3.05) is 0 Å². The minimum absolute atomic E-state index is 0.135. The molecule has 3 rings (SSSR count). The van der Waals surface area contributed by atoms with E-state index in [1.165, 1.54) is 18.5 Å². The maximum Gasteiger partial charge on any atom is 0.169 e. The van der Waals surface area contributed by atoms with Crippen molar-refractivity contribution in [1.29, 1.82) is 0 Å². The van der Waals surface area contributed by atoms with Gasteiger partial charge in [-0.2, -0.15) is 0 Å². The summed E-state index contributed by atoms with van der Waals surface area (Å²) >= 11 is 6.07. The average Bonchev–Trinajstić information content (AvgIpc) is 2.87. The van der Waals surface area contributed by atoms with E-state index in [1.807, 2.05) is 0 Å². The Hall–Kier alpha value is -2.27. The largest absolute Gasteiger partial charge is 0.345 e. The molecule has 1 N–H and O–H groups in total. The third kappa shape index (κ3) is 2.52. The van der Waals surface area contributed by atoms with Crippen LogP contribution in [0.5, 0.6) is 0 Å².